The first kappa shape index (κ1) is 17.5. The van der Waals surface area contributed by atoms with E-state index < -0.39 is 10.0 Å². The van der Waals surface area contributed by atoms with Crippen molar-refractivity contribution >= 4 is 15.9 Å². The van der Waals surface area contributed by atoms with E-state index in [9.17, 15) is 13.2 Å². The van der Waals surface area contributed by atoms with Crippen molar-refractivity contribution in [3.8, 4) is 0 Å². The molecule has 24 heavy (non-hydrogen) atoms. The Kier molecular flexibility index (Phi) is 4.75. The van der Waals surface area contributed by atoms with E-state index in [0.29, 0.717) is 30.6 Å². The van der Waals surface area contributed by atoms with Gasteiger partial charge in [0.1, 0.15) is 10.6 Å². The van der Waals surface area contributed by atoms with Crippen molar-refractivity contribution in [3.05, 3.63) is 18.0 Å². The number of aromatic nitrogens is 1. The Labute approximate surface area is 144 Å². The minimum atomic E-state index is -3.48. The van der Waals surface area contributed by atoms with Crippen molar-refractivity contribution in [1.29, 1.82) is 0 Å². The number of likely N-dealkylation sites (tertiary alicyclic amines) is 1. The molecule has 0 saturated carbocycles. The summed E-state index contributed by atoms with van der Waals surface area (Å²) >= 11 is 0. The summed E-state index contributed by atoms with van der Waals surface area (Å²) in [7, 11) is -1.74. The summed E-state index contributed by atoms with van der Waals surface area (Å²) in [4.78, 5) is 15.0. The second-order valence-electron chi connectivity index (χ2n) is 7.44. The summed E-state index contributed by atoms with van der Waals surface area (Å²) in [5, 5.41) is 0. The molecule has 2 fully saturated rings. The molecule has 3 rings (SSSR count). The van der Waals surface area contributed by atoms with E-state index in [2.05, 4.69) is 13.8 Å². The summed E-state index contributed by atoms with van der Waals surface area (Å²) < 4.78 is 28.5. The van der Waals surface area contributed by atoms with Gasteiger partial charge in [0.2, 0.25) is 10.0 Å². The molecule has 2 aliphatic rings. The van der Waals surface area contributed by atoms with Gasteiger partial charge in [-0.05, 0) is 37.2 Å². The molecule has 6 nitrogen and oxygen atoms in total. The lowest BCUT2D eigenvalue weighted by Gasteiger charge is -2.35. The number of hydrogen-bond donors (Lipinski definition) is 0. The molecule has 0 unspecified atom stereocenters. The SMILES string of the molecule is C[C@H]1C[C@H](C)CN(C(=O)c2cc(S(=O)(=O)N3CCCC3)cn2C)C1. The zero-order valence-corrected chi connectivity index (χ0v) is 15.6. The Morgan fingerprint density at radius 1 is 1.12 bits per heavy atom. The maximum absolute atomic E-state index is 12.9. The maximum atomic E-state index is 12.9. The van der Waals surface area contributed by atoms with Gasteiger partial charge in [-0.1, -0.05) is 13.8 Å². The summed E-state index contributed by atoms with van der Waals surface area (Å²) in [6.07, 6.45) is 4.51. The lowest BCUT2D eigenvalue weighted by molar-refractivity contribution is 0.0613. The van der Waals surface area contributed by atoms with Gasteiger partial charge in [0.15, 0.2) is 0 Å². The first-order valence-electron chi connectivity index (χ1n) is 8.75. The molecule has 2 saturated heterocycles. The average molecular weight is 353 g/mol. The van der Waals surface area contributed by atoms with Crippen LogP contribution in [0.2, 0.25) is 0 Å². The van der Waals surface area contributed by atoms with E-state index in [1.165, 1.54) is 4.31 Å². The number of aryl methyl sites for hydroxylation is 1. The molecule has 134 valence electrons. The van der Waals surface area contributed by atoms with Crippen LogP contribution in [-0.4, -0.2) is 54.3 Å². The highest BCUT2D eigenvalue weighted by Crippen LogP contribution is 2.25. The number of nitrogens with zero attached hydrogens (tertiary/aromatic N) is 3. The number of rotatable bonds is 3. The van der Waals surface area contributed by atoms with Gasteiger partial charge in [-0.15, -0.1) is 0 Å². The fourth-order valence-electron chi connectivity index (χ4n) is 3.96. The van der Waals surface area contributed by atoms with Gasteiger partial charge in [-0.2, -0.15) is 4.31 Å². The van der Waals surface area contributed by atoms with Crippen molar-refractivity contribution in [1.82, 2.24) is 13.8 Å². The summed E-state index contributed by atoms with van der Waals surface area (Å²) in [6, 6.07) is 1.54. The monoisotopic (exact) mass is 353 g/mol. The molecule has 1 aromatic rings. The first-order valence-corrected chi connectivity index (χ1v) is 10.2. The highest BCUT2D eigenvalue weighted by molar-refractivity contribution is 7.89. The number of carbonyl (C=O) groups is 1. The number of carbonyl (C=O) groups excluding carboxylic acids is 1. The Morgan fingerprint density at radius 3 is 2.29 bits per heavy atom. The van der Waals surface area contributed by atoms with Crippen LogP contribution in [0.4, 0.5) is 0 Å². The molecule has 0 bridgehead atoms. The van der Waals surface area contributed by atoms with Gasteiger partial charge < -0.3 is 9.47 Å². The second kappa shape index (κ2) is 6.52. The summed E-state index contributed by atoms with van der Waals surface area (Å²) in [5.41, 5.74) is 0.453. The average Bonchev–Trinajstić information content (AvgIpc) is 3.15. The topological polar surface area (TPSA) is 62.6 Å². The van der Waals surface area contributed by atoms with E-state index in [0.717, 1.165) is 32.4 Å². The molecule has 2 aliphatic heterocycles. The van der Waals surface area contributed by atoms with Gasteiger partial charge in [0, 0.05) is 39.4 Å². The largest absolute Gasteiger partial charge is 0.345 e. The molecule has 2 atom stereocenters. The predicted molar refractivity (Wildman–Crippen MR) is 92.3 cm³/mol. The van der Waals surface area contributed by atoms with E-state index >= 15 is 0 Å². The molecule has 1 aromatic heterocycles. The van der Waals surface area contributed by atoms with Crippen LogP contribution >= 0.6 is 0 Å². The number of piperidine rings is 1. The Morgan fingerprint density at radius 2 is 1.71 bits per heavy atom. The van der Waals surface area contributed by atoms with Crippen molar-refractivity contribution in [2.24, 2.45) is 18.9 Å². The van der Waals surface area contributed by atoms with Crippen molar-refractivity contribution < 1.29 is 13.2 Å². The lowest BCUT2D eigenvalue weighted by Crippen LogP contribution is -2.43. The minimum Gasteiger partial charge on any atom is -0.345 e. The van der Waals surface area contributed by atoms with Gasteiger partial charge >= 0.3 is 0 Å². The predicted octanol–water partition coefficient (Wildman–Crippen LogP) is 1.93. The molecule has 0 spiro atoms. The molecule has 7 heteroatoms. The first-order chi connectivity index (χ1) is 11.3. The third-order valence-corrected chi connectivity index (χ3v) is 6.92. The molecular formula is C17H27N3O3S. The van der Waals surface area contributed by atoms with Gasteiger partial charge in [0.25, 0.3) is 5.91 Å². The maximum Gasteiger partial charge on any atom is 0.270 e. The molecule has 1 amide bonds. The van der Waals surface area contributed by atoms with Crippen LogP contribution in [0.1, 0.15) is 43.6 Å². The molecule has 0 N–H and O–H groups in total. The van der Waals surface area contributed by atoms with Crippen LogP contribution in [0.5, 0.6) is 0 Å². The van der Waals surface area contributed by atoms with E-state index in [-0.39, 0.29) is 10.8 Å². The highest BCUT2D eigenvalue weighted by atomic mass is 32.2. The number of sulfonamides is 1. The Bertz CT molecular complexity index is 709. The smallest absolute Gasteiger partial charge is 0.270 e. The standard InChI is InChI=1S/C17H27N3O3S/c1-13-8-14(2)11-19(10-13)17(21)16-9-15(12-18(16)3)24(22,23)20-6-4-5-7-20/h9,12-14H,4-8,10-11H2,1-3H3/t13-,14-/m0/s1. The van der Waals surface area contributed by atoms with Gasteiger partial charge in [-0.3, -0.25) is 4.79 Å². The van der Waals surface area contributed by atoms with E-state index in [1.54, 1.807) is 23.9 Å². The normalized spacial score (nSPS) is 26.0. The number of amides is 1. The quantitative estimate of drug-likeness (QED) is 0.834. The van der Waals surface area contributed by atoms with Gasteiger partial charge in [-0.25, -0.2) is 8.42 Å². The molecule has 0 aliphatic carbocycles. The third kappa shape index (κ3) is 3.24. The van der Waals surface area contributed by atoms with Crippen LogP contribution in [0, 0.1) is 11.8 Å². The fourth-order valence-corrected chi connectivity index (χ4v) is 5.55. The van der Waals surface area contributed by atoms with Crippen molar-refractivity contribution in [2.45, 2.75) is 38.0 Å². The summed E-state index contributed by atoms with van der Waals surface area (Å²) in [6.45, 7) is 6.93. The molecule has 0 radical (unpaired) electrons. The Balaban J connectivity index is 1.85. The third-order valence-electron chi connectivity index (χ3n) is 5.06. The van der Waals surface area contributed by atoms with Crippen molar-refractivity contribution in [3.63, 3.8) is 0 Å². The summed E-state index contributed by atoms with van der Waals surface area (Å²) in [5.74, 6) is 0.885. The second-order valence-corrected chi connectivity index (χ2v) is 9.38. The Hall–Kier alpha value is -1.34. The molecule has 3 heterocycles. The molecule has 0 aromatic carbocycles. The van der Waals surface area contributed by atoms with Crippen LogP contribution in [-0.2, 0) is 17.1 Å². The zero-order valence-electron chi connectivity index (χ0n) is 14.7. The van der Waals surface area contributed by atoms with E-state index in [4.69, 9.17) is 0 Å². The van der Waals surface area contributed by atoms with Crippen LogP contribution in [0.15, 0.2) is 17.2 Å². The zero-order chi connectivity index (χ0) is 17.5. The van der Waals surface area contributed by atoms with Crippen LogP contribution in [0.25, 0.3) is 0 Å². The number of hydrogen-bond acceptors (Lipinski definition) is 3. The fraction of sp³-hybridized carbons (Fsp3) is 0.706. The minimum absolute atomic E-state index is 0.0706. The van der Waals surface area contributed by atoms with Crippen LogP contribution < -0.4 is 0 Å². The van der Waals surface area contributed by atoms with E-state index in [1.807, 2.05) is 4.90 Å². The highest BCUT2D eigenvalue weighted by Gasteiger charge is 2.32. The lowest BCUT2D eigenvalue weighted by atomic mass is 9.92. The van der Waals surface area contributed by atoms with Crippen molar-refractivity contribution in [2.75, 3.05) is 26.2 Å². The van der Waals surface area contributed by atoms with Crippen LogP contribution in [0.3, 0.4) is 0 Å². The molecular weight excluding hydrogens is 326 g/mol. The van der Waals surface area contributed by atoms with Gasteiger partial charge in [0.05, 0.1) is 0 Å².